The minimum atomic E-state index is -4.97. The number of alkyl halides is 6. The molecule has 2 aromatic rings. The molecule has 2 aromatic carbocycles. The topological polar surface area (TPSA) is 35.8 Å². The molecule has 0 aliphatic carbocycles. The molecule has 42 heavy (non-hydrogen) atoms. The van der Waals surface area contributed by atoms with Crippen LogP contribution in [0.4, 0.5) is 30.7 Å². The Morgan fingerprint density at radius 2 is 1.74 bits per heavy atom. The molecule has 2 unspecified atom stereocenters. The second-order valence-electron chi connectivity index (χ2n) is 10.9. The number of fused-ring (bicyclic) bond motifs is 1. The highest BCUT2D eigenvalue weighted by Crippen LogP contribution is 2.45. The van der Waals surface area contributed by atoms with Crippen LogP contribution in [0.2, 0.25) is 0 Å². The molecule has 0 amide bonds. The number of ether oxygens (including phenoxy) is 2. The van der Waals surface area contributed by atoms with Gasteiger partial charge in [0, 0.05) is 23.8 Å². The Kier molecular flexibility index (Phi) is 8.41. The lowest BCUT2D eigenvalue weighted by Crippen LogP contribution is -2.42. The van der Waals surface area contributed by atoms with Crippen molar-refractivity contribution in [1.29, 1.82) is 0 Å². The standard InChI is InChI=1S/C31H30F7N2O2/c1-3-20-6-4-5-9-39-28(20)40-14-21-17-42-29(27(26(21)15-40)25-8-7-24(32)10-18(25)2)41-16-19-11-22(30(33,34)35)13-23(12-19)31(36,37)38/h4-8,10-13,20-21,26-27,29H,3,14-17H2,1-2H3/q+1/t20?,21?,26-,27+,29+/m1/s1. The molecular formula is C31H30F7N2O2+. The van der Waals surface area contributed by atoms with Crippen molar-refractivity contribution in [3.05, 3.63) is 88.3 Å². The summed E-state index contributed by atoms with van der Waals surface area (Å²) in [5.41, 5.74) is -1.70. The van der Waals surface area contributed by atoms with Crippen LogP contribution >= 0.6 is 0 Å². The van der Waals surface area contributed by atoms with Crippen LogP contribution in [-0.2, 0) is 28.4 Å². The molecule has 0 bridgehead atoms. The lowest BCUT2D eigenvalue weighted by molar-refractivity contribution is -0.203. The maximum absolute atomic E-state index is 14.1. The van der Waals surface area contributed by atoms with Crippen molar-refractivity contribution in [1.82, 2.24) is 9.57 Å². The SMILES string of the molecule is CCC1C=CC=C=[N+]=C1N1CC2CO[C@H](OCc3cc(C(F)(F)F)cc(C(F)(F)F)c3)[C@@H](c3ccc(F)cc3C)[C@@H]2C1. The van der Waals surface area contributed by atoms with Gasteiger partial charge in [0.25, 0.3) is 0 Å². The molecule has 2 fully saturated rings. The number of aryl methyl sites for hydroxylation is 1. The van der Waals surface area contributed by atoms with Crippen molar-refractivity contribution in [2.75, 3.05) is 19.7 Å². The van der Waals surface area contributed by atoms with Gasteiger partial charge in [0.2, 0.25) is 0 Å². The normalized spacial score (nSPS) is 25.9. The highest BCUT2D eigenvalue weighted by atomic mass is 19.4. The summed E-state index contributed by atoms with van der Waals surface area (Å²) in [5, 5.41) is 0. The molecule has 3 aliphatic rings. The minimum absolute atomic E-state index is 0.0427. The van der Waals surface area contributed by atoms with Gasteiger partial charge in [-0.25, -0.2) is 9.29 Å². The summed E-state index contributed by atoms with van der Waals surface area (Å²) in [6.07, 6.45) is -4.37. The van der Waals surface area contributed by atoms with Gasteiger partial charge in [-0.3, -0.25) is 0 Å². The monoisotopic (exact) mass is 595 g/mol. The number of amidine groups is 1. The fourth-order valence-corrected chi connectivity index (χ4v) is 6.14. The third-order valence-corrected chi connectivity index (χ3v) is 8.16. The molecule has 3 aliphatic heterocycles. The van der Waals surface area contributed by atoms with E-state index in [-0.39, 0.29) is 36.0 Å². The van der Waals surface area contributed by atoms with E-state index >= 15 is 0 Å². The van der Waals surface area contributed by atoms with Crippen molar-refractivity contribution in [2.45, 2.75) is 51.4 Å². The summed E-state index contributed by atoms with van der Waals surface area (Å²) < 4.78 is 111. The van der Waals surface area contributed by atoms with Crippen molar-refractivity contribution < 1.29 is 40.2 Å². The van der Waals surface area contributed by atoms with Gasteiger partial charge < -0.3 is 9.47 Å². The predicted octanol–water partition coefficient (Wildman–Crippen LogP) is 6.66. The van der Waals surface area contributed by atoms with Crippen LogP contribution in [0.15, 0.2) is 54.6 Å². The quantitative estimate of drug-likeness (QED) is 0.287. The van der Waals surface area contributed by atoms with Gasteiger partial charge in [-0.1, -0.05) is 25.1 Å². The second-order valence-corrected chi connectivity index (χ2v) is 10.9. The minimum Gasteiger partial charge on any atom is -0.352 e. The van der Waals surface area contributed by atoms with E-state index in [0.29, 0.717) is 30.8 Å². The second kappa shape index (κ2) is 11.7. The number of hydrogen-bond acceptors (Lipinski definition) is 3. The first-order valence-electron chi connectivity index (χ1n) is 13.7. The molecule has 4 nitrogen and oxygen atoms in total. The van der Waals surface area contributed by atoms with E-state index in [1.54, 1.807) is 19.1 Å². The van der Waals surface area contributed by atoms with Gasteiger partial charge in [-0.2, -0.15) is 31.0 Å². The summed E-state index contributed by atoms with van der Waals surface area (Å²) in [7, 11) is 0. The zero-order valence-corrected chi connectivity index (χ0v) is 23.0. The number of allylic oxidation sites excluding steroid dienone is 2. The van der Waals surface area contributed by atoms with Crippen LogP contribution in [0.25, 0.3) is 0 Å². The average Bonchev–Trinajstić information content (AvgIpc) is 3.20. The Morgan fingerprint density at radius 3 is 2.38 bits per heavy atom. The predicted molar refractivity (Wildman–Crippen MR) is 143 cm³/mol. The molecule has 224 valence electrons. The molecular weight excluding hydrogens is 565 g/mol. The van der Waals surface area contributed by atoms with E-state index in [1.165, 1.54) is 12.1 Å². The number of nitrogens with zero attached hydrogens (tertiary/aromatic N) is 2. The fourth-order valence-electron chi connectivity index (χ4n) is 6.14. The third-order valence-electron chi connectivity index (χ3n) is 8.16. The van der Waals surface area contributed by atoms with E-state index in [1.807, 2.05) is 6.08 Å². The van der Waals surface area contributed by atoms with Crippen LogP contribution < -0.4 is 4.67 Å². The largest absolute Gasteiger partial charge is 0.416 e. The Hall–Kier alpha value is -3.36. The first-order chi connectivity index (χ1) is 19.8. The zero-order chi connectivity index (χ0) is 30.2. The van der Waals surface area contributed by atoms with Crippen LogP contribution in [0.1, 0.15) is 47.1 Å². The first kappa shape index (κ1) is 30.1. The molecule has 3 heterocycles. The van der Waals surface area contributed by atoms with Crippen LogP contribution in [0.5, 0.6) is 0 Å². The van der Waals surface area contributed by atoms with Gasteiger partial charge >= 0.3 is 18.2 Å². The molecule has 0 aromatic heterocycles. The molecule has 2 saturated heterocycles. The summed E-state index contributed by atoms with van der Waals surface area (Å²) in [6, 6.07) is 5.75. The van der Waals surface area contributed by atoms with Gasteiger partial charge in [0.15, 0.2) is 12.2 Å². The van der Waals surface area contributed by atoms with Crippen molar-refractivity contribution >= 4 is 11.7 Å². The maximum atomic E-state index is 14.1. The van der Waals surface area contributed by atoms with Crippen LogP contribution in [-0.4, -0.2) is 42.6 Å². The number of halogens is 7. The molecule has 5 atom stereocenters. The van der Waals surface area contributed by atoms with Gasteiger partial charge in [0.1, 0.15) is 5.82 Å². The summed E-state index contributed by atoms with van der Waals surface area (Å²) >= 11 is 0. The highest BCUT2D eigenvalue weighted by molar-refractivity contribution is 5.88. The Bertz CT molecular complexity index is 1420. The van der Waals surface area contributed by atoms with E-state index in [4.69, 9.17) is 9.47 Å². The Morgan fingerprint density at radius 1 is 1.02 bits per heavy atom. The average molecular weight is 596 g/mol. The highest BCUT2D eigenvalue weighted by Gasteiger charge is 2.51. The van der Waals surface area contributed by atoms with Gasteiger partial charge in [-0.05, 0) is 60.4 Å². The van der Waals surface area contributed by atoms with E-state index < -0.39 is 48.1 Å². The summed E-state index contributed by atoms with van der Waals surface area (Å²) in [5.74, 6) is 2.99. The van der Waals surface area contributed by atoms with Gasteiger partial charge in [-0.15, -0.1) is 0 Å². The van der Waals surface area contributed by atoms with Crippen LogP contribution in [0.3, 0.4) is 0 Å². The summed E-state index contributed by atoms with van der Waals surface area (Å²) in [6.45, 7) is 4.77. The number of rotatable bonds is 5. The van der Waals surface area contributed by atoms with Crippen LogP contribution in [0, 0.1) is 30.5 Å². The molecule has 0 saturated carbocycles. The van der Waals surface area contributed by atoms with Crippen molar-refractivity contribution in [3.8, 4) is 0 Å². The zero-order valence-electron chi connectivity index (χ0n) is 23.0. The van der Waals surface area contributed by atoms with Gasteiger partial charge in [0.05, 0.1) is 43.3 Å². The number of hydrogen-bond donors (Lipinski definition) is 0. The molecule has 0 spiro atoms. The van der Waals surface area contributed by atoms with E-state index in [2.05, 4.69) is 28.4 Å². The lowest BCUT2D eigenvalue weighted by Gasteiger charge is -2.39. The lowest BCUT2D eigenvalue weighted by atomic mass is 9.76. The molecule has 0 radical (unpaired) electrons. The summed E-state index contributed by atoms with van der Waals surface area (Å²) in [4.78, 5) is 2.18. The van der Waals surface area contributed by atoms with Crippen molar-refractivity contribution in [2.24, 2.45) is 17.8 Å². The maximum Gasteiger partial charge on any atom is 0.416 e. The third kappa shape index (κ3) is 6.35. The molecule has 5 rings (SSSR count). The molecule has 11 heteroatoms. The first-order valence-corrected chi connectivity index (χ1v) is 13.7. The Balaban J connectivity index is 1.46. The smallest absolute Gasteiger partial charge is 0.352 e. The number of likely N-dealkylation sites (tertiary alicyclic amines) is 1. The van der Waals surface area contributed by atoms with E-state index in [0.717, 1.165) is 17.8 Å². The Labute approximate surface area is 238 Å². The number of benzene rings is 2. The molecule has 0 N–H and O–H groups in total. The fraction of sp³-hybridized carbons (Fsp3) is 0.452. The van der Waals surface area contributed by atoms with Crippen molar-refractivity contribution in [3.63, 3.8) is 0 Å². The van der Waals surface area contributed by atoms with E-state index in [9.17, 15) is 30.7 Å².